The van der Waals surface area contributed by atoms with Gasteiger partial charge in [-0.05, 0) is 43.1 Å². The van der Waals surface area contributed by atoms with Gasteiger partial charge in [0.2, 0.25) is 0 Å². The quantitative estimate of drug-likeness (QED) is 0.243. The monoisotopic (exact) mass is 477 g/mol. The maximum Gasteiger partial charge on any atom is 0.191 e. The Morgan fingerprint density at radius 2 is 2.04 bits per heavy atom. The van der Waals surface area contributed by atoms with Crippen molar-refractivity contribution >= 4 is 41.7 Å². The number of nitrogens with zero attached hydrogens (tertiary/aromatic N) is 1. The topological polar surface area (TPSA) is 45.6 Å². The van der Waals surface area contributed by atoms with Gasteiger partial charge < -0.3 is 15.4 Å². The van der Waals surface area contributed by atoms with E-state index in [-0.39, 0.29) is 24.0 Å². The van der Waals surface area contributed by atoms with Crippen LogP contribution in [0.1, 0.15) is 44.2 Å². The summed E-state index contributed by atoms with van der Waals surface area (Å²) in [7, 11) is 0. The summed E-state index contributed by atoms with van der Waals surface area (Å²) in [6, 6.07) is 8.42. The summed E-state index contributed by atoms with van der Waals surface area (Å²) in [5, 5.41) is 7.56. The lowest BCUT2D eigenvalue weighted by Crippen LogP contribution is -2.40. The third-order valence-electron chi connectivity index (χ3n) is 4.00. The molecule has 1 fully saturated rings. The van der Waals surface area contributed by atoms with Crippen LogP contribution in [0.4, 0.5) is 0 Å². The molecule has 0 saturated carbocycles. The smallest absolute Gasteiger partial charge is 0.191 e. The highest BCUT2D eigenvalue weighted by Crippen LogP contribution is 2.25. The number of thioether (sulfide) groups is 1. The zero-order valence-corrected chi connectivity index (χ0v) is 18.6. The average molecular weight is 477 g/mol. The highest BCUT2D eigenvalue weighted by molar-refractivity contribution is 14.0. The Balaban J connectivity index is 0.00000312. The van der Waals surface area contributed by atoms with E-state index in [0.717, 1.165) is 37.3 Å². The molecule has 25 heavy (non-hydrogen) atoms. The van der Waals surface area contributed by atoms with E-state index < -0.39 is 0 Å². The van der Waals surface area contributed by atoms with Crippen molar-refractivity contribution in [2.45, 2.75) is 51.5 Å². The van der Waals surface area contributed by atoms with Gasteiger partial charge in [-0.25, -0.2) is 4.99 Å². The minimum absolute atomic E-state index is 0. The van der Waals surface area contributed by atoms with Crippen molar-refractivity contribution in [3.8, 4) is 0 Å². The van der Waals surface area contributed by atoms with Crippen LogP contribution in [0, 0.1) is 0 Å². The van der Waals surface area contributed by atoms with E-state index in [4.69, 9.17) is 9.73 Å². The number of benzene rings is 1. The molecule has 1 aromatic carbocycles. The Morgan fingerprint density at radius 1 is 1.24 bits per heavy atom. The highest BCUT2D eigenvalue weighted by atomic mass is 127. The van der Waals surface area contributed by atoms with Gasteiger partial charge in [0, 0.05) is 24.9 Å². The SMILES string of the molecule is CCCOCc1ccccc1CN=C(NCC)NCC1CCCS1.I. The van der Waals surface area contributed by atoms with E-state index in [1.54, 1.807) is 0 Å². The minimum atomic E-state index is 0. The van der Waals surface area contributed by atoms with Crippen molar-refractivity contribution < 1.29 is 4.74 Å². The number of guanidine groups is 1. The van der Waals surface area contributed by atoms with Crippen LogP contribution in [0.25, 0.3) is 0 Å². The van der Waals surface area contributed by atoms with Crippen molar-refractivity contribution in [2.24, 2.45) is 4.99 Å². The molecule has 2 N–H and O–H groups in total. The van der Waals surface area contributed by atoms with Gasteiger partial charge >= 0.3 is 0 Å². The van der Waals surface area contributed by atoms with E-state index in [2.05, 4.69) is 60.5 Å². The molecule has 4 nitrogen and oxygen atoms in total. The number of halogens is 1. The molecule has 1 aromatic rings. The first kappa shape index (κ1) is 22.6. The van der Waals surface area contributed by atoms with Gasteiger partial charge in [-0.3, -0.25) is 0 Å². The molecule has 0 amide bonds. The van der Waals surface area contributed by atoms with Gasteiger partial charge in [0.25, 0.3) is 0 Å². The summed E-state index contributed by atoms with van der Waals surface area (Å²) in [6.07, 6.45) is 3.71. The van der Waals surface area contributed by atoms with Crippen molar-refractivity contribution in [2.75, 3.05) is 25.4 Å². The maximum atomic E-state index is 5.70. The molecule has 1 aliphatic heterocycles. The molecule has 1 heterocycles. The van der Waals surface area contributed by atoms with Crippen LogP contribution in [-0.2, 0) is 17.9 Å². The fourth-order valence-electron chi connectivity index (χ4n) is 2.70. The van der Waals surface area contributed by atoms with Crippen LogP contribution in [0.15, 0.2) is 29.3 Å². The number of nitrogens with one attached hydrogen (secondary N) is 2. The van der Waals surface area contributed by atoms with Crippen LogP contribution in [0.2, 0.25) is 0 Å². The summed E-state index contributed by atoms with van der Waals surface area (Å²) in [5.41, 5.74) is 2.47. The van der Waals surface area contributed by atoms with Crippen LogP contribution < -0.4 is 10.6 Å². The average Bonchev–Trinajstić information content (AvgIpc) is 3.12. The lowest BCUT2D eigenvalue weighted by molar-refractivity contribution is 0.121. The van der Waals surface area contributed by atoms with Crippen LogP contribution in [-0.4, -0.2) is 36.7 Å². The molecule has 1 saturated heterocycles. The standard InChI is InChI=1S/C19H31N3OS.HI/c1-3-11-23-15-17-9-6-5-8-16(17)13-21-19(20-4-2)22-14-18-10-7-12-24-18;/h5-6,8-9,18H,3-4,7,10-15H2,1-2H3,(H2,20,21,22);1H. The van der Waals surface area contributed by atoms with Crippen molar-refractivity contribution in [1.29, 1.82) is 0 Å². The minimum Gasteiger partial charge on any atom is -0.377 e. The molecule has 0 radical (unpaired) electrons. The number of rotatable bonds is 9. The van der Waals surface area contributed by atoms with Crippen LogP contribution >= 0.6 is 35.7 Å². The van der Waals surface area contributed by atoms with E-state index in [0.29, 0.717) is 13.2 Å². The molecule has 1 unspecified atom stereocenters. The van der Waals surface area contributed by atoms with Crippen LogP contribution in [0.5, 0.6) is 0 Å². The normalized spacial score (nSPS) is 17.2. The Morgan fingerprint density at radius 3 is 2.72 bits per heavy atom. The summed E-state index contributed by atoms with van der Waals surface area (Å²) >= 11 is 2.07. The second-order valence-electron chi connectivity index (χ2n) is 6.03. The van der Waals surface area contributed by atoms with Crippen molar-refractivity contribution in [3.05, 3.63) is 35.4 Å². The number of hydrogen-bond donors (Lipinski definition) is 2. The highest BCUT2D eigenvalue weighted by Gasteiger charge is 2.15. The molecule has 142 valence electrons. The Hall–Kier alpha value is -0.470. The molecular formula is C19H32IN3OS. The van der Waals surface area contributed by atoms with Gasteiger partial charge in [0.1, 0.15) is 0 Å². The fraction of sp³-hybridized carbons (Fsp3) is 0.632. The largest absolute Gasteiger partial charge is 0.377 e. The number of ether oxygens (including phenoxy) is 1. The zero-order valence-electron chi connectivity index (χ0n) is 15.4. The van der Waals surface area contributed by atoms with Crippen molar-refractivity contribution in [3.63, 3.8) is 0 Å². The summed E-state index contributed by atoms with van der Waals surface area (Å²) in [5.74, 6) is 2.21. The van der Waals surface area contributed by atoms with Crippen molar-refractivity contribution in [1.82, 2.24) is 10.6 Å². The van der Waals surface area contributed by atoms with Gasteiger partial charge in [-0.2, -0.15) is 11.8 Å². The molecule has 1 aliphatic rings. The summed E-state index contributed by atoms with van der Waals surface area (Å²) in [6.45, 7) is 8.27. The van der Waals surface area contributed by atoms with Gasteiger partial charge in [0.05, 0.1) is 13.2 Å². The predicted molar refractivity (Wildman–Crippen MR) is 120 cm³/mol. The zero-order chi connectivity index (χ0) is 17.0. The van der Waals surface area contributed by atoms with Gasteiger partial charge in [0.15, 0.2) is 5.96 Å². The van der Waals surface area contributed by atoms with E-state index in [1.165, 1.54) is 29.7 Å². The first-order valence-corrected chi connectivity index (χ1v) is 10.2. The third-order valence-corrected chi connectivity index (χ3v) is 5.40. The fourth-order valence-corrected chi connectivity index (χ4v) is 3.90. The molecule has 0 bridgehead atoms. The third kappa shape index (κ3) is 8.64. The molecule has 0 spiro atoms. The Kier molecular flexibility index (Phi) is 12.4. The van der Waals surface area contributed by atoms with Gasteiger partial charge in [-0.15, -0.1) is 24.0 Å². The van der Waals surface area contributed by atoms with Gasteiger partial charge in [-0.1, -0.05) is 31.2 Å². The van der Waals surface area contributed by atoms with E-state index >= 15 is 0 Å². The predicted octanol–water partition coefficient (Wildman–Crippen LogP) is 4.18. The second kappa shape index (κ2) is 13.7. The molecule has 2 rings (SSSR count). The summed E-state index contributed by atoms with van der Waals surface area (Å²) < 4.78 is 5.70. The number of aliphatic imine (C=N–C) groups is 1. The molecule has 0 aliphatic carbocycles. The first-order chi connectivity index (χ1) is 11.8. The first-order valence-electron chi connectivity index (χ1n) is 9.11. The molecule has 0 aromatic heterocycles. The molecule has 6 heteroatoms. The molecule has 1 atom stereocenters. The van der Waals surface area contributed by atoms with Crippen LogP contribution in [0.3, 0.4) is 0 Å². The second-order valence-corrected chi connectivity index (χ2v) is 7.44. The lowest BCUT2D eigenvalue weighted by Gasteiger charge is -2.15. The maximum absolute atomic E-state index is 5.70. The van der Waals surface area contributed by atoms with E-state index in [1.807, 2.05) is 0 Å². The summed E-state index contributed by atoms with van der Waals surface area (Å²) in [4.78, 5) is 4.76. The van der Waals surface area contributed by atoms with E-state index in [9.17, 15) is 0 Å². The lowest BCUT2D eigenvalue weighted by atomic mass is 10.1. The number of hydrogen-bond acceptors (Lipinski definition) is 3. The Labute approximate surface area is 174 Å². The Bertz CT molecular complexity index is 507. The molecular weight excluding hydrogens is 445 g/mol.